The Kier molecular flexibility index (Phi) is 2.78. The molecule has 1 aromatic carbocycles. The van der Waals surface area contributed by atoms with Gasteiger partial charge >= 0.3 is 0 Å². The quantitative estimate of drug-likeness (QED) is 0.848. The van der Waals surface area contributed by atoms with E-state index in [0.717, 1.165) is 37.9 Å². The SMILES string of the molecule is CC1(C(N)=O)CCN(C2CCc3c(O)cccc32)C1. The van der Waals surface area contributed by atoms with Gasteiger partial charge in [0.2, 0.25) is 5.91 Å². The number of hydrogen-bond donors (Lipinski definition) is 2. The average molecular weight is 260 g/mol. The van der Waals surface area contributed by atoms with E-state index in [1.54, 1.807) is 6.07 Å². The first-order valence-electron chi connectivity index (χ1n) is 6.86. The number of carbonyl (C=O) groups is 1. The molecule has 1 saturated heterocycles. The number of hydrogen-bond acceptors (Lipinski definition) is 3. The summed E-state index contributed by atoms with van der Waals surface area (Å²) in [4.78, 5) is 13.9. The number of aromatic hydroxyl groups is 1. The van der Waals surface area contributed by atoms with Crippen LogP contribution in [0, 0.1) is 5.41 Å². The van der Waals surface area contributed by atoms with Crippen molar-refractivity contribution in [1.29, 1.82) is 0 Å². The molecule has 0 aromatic heterocycles. The van der Waals surface area contributed by atoms with E-state index in [0.29, 0.717) is 11.8 Å². The summed E-state index contributed by atoms with van der Waals surface area (Å²) in [6.45, 7) is 3.58. The number of likely N-dealkylation sites (tertiary alicyclic amines) is 1. The predicted molar refractivity (Wildman–Crippen MR) is 72.7 cm³/mol. The molecule has 1 heterocycles. The number of benzene rings is 1. The van der Waals surface area contributed by atoms with Gasteiger partial charge in [-0.05, 0) is 49.9 Å². The van der Waals surface area contributed by atoms with Crippen LogP contribution < -0.4 is 5.73 Å². The number of phenolic OH excluding ortho intramolecular Hbond substituents is 1. The molecule has 0 radical (unpaired) electrons. The van der Waals surface area contributed by atoms with Crippen LogP contribution >= 0.6 is 0 Å². The second kappa shape index (κ2) is 4.23. The average Bonchev–Trinajstić information content (AvgIpc) is 2.94. The lowest BCUT2D eigenvalue weighted by atomic mass is 9.89. The van der Waals surface area contributed by atoms with Gasteiger partial charge in [-0.1, -0.05) is 12.1 Å². The number of nitrogens with two attached hydrogens (primary N) is 1. The molecule has 1 fully saturated rings. The van der Waals surface area contributed by atoms with Gasteiger partial charge in [0.1, 0.15) is 5.75 Å². The lowest BCUT2D eigenvalue weighted by molar-refractivity contribution is -0.126. The fourth-order valence-electron chi connectivity index (χ4n) is 3.46. The van der Waals surface area contributed by atoms with Crippen LogP contribution in [0.2, 0.25) is 0 Å². The summed E-state index contributed by atoms with van der Waals surface area (Å²) < 4.78 is 0. The summed E-state index contributed by atoms with van der Waals surface area (Å²) in [7, 11) is 0. The van der Waals surface area contributed by atoms with Crippen molar-refractivity contribution in [3.05, 3.63) is 29.3 Å². The van der Waals surface area contributed by atoms with Gasteiger partial charge in [-0.25, -0.2) is 0 Å². The molecule has 0 spiro atoms. The van der Waals surface area contributed by atoms with Crippen LogP contribution in [0.15, 0.2) is 18.2 Å². The molecule has 1 aromatic rings. The highest BCUT2D eigenvalue weighted by atomic mass is 16.3. The molecule has 4 heteroatoms. The molecule has 2 unspecified atom stereocenters. The van der Waals surface area contributed by atoms with Crippen molar-refractivity contribution in [2.75, 3.05) is 13.1 Å². The number of amides is 1. The largest absolute Gasteiger partial charge is 0.508 e. The highest BCUT2D eigenvalue weighted by Gasteiger charge is 2.42. The van der Waals surface area contributed by atoms with Crippen molar-refractivity contribution in [3.8, 4) is 5.75 Å². The molecule has 2 aliphatic rings. The van der Waals surface area contributed by atoms with Crippen molar-refractivity contribution in [2.24, 2.45) is 11.1 Å². The number of nitrogens with zero attached hydrogens (tertiary/aromatic N) is 1. The number of primary amides is 1. The molecule has 4 nitrogen and oxygen atoms in total. The first-order valence-corrected chi connectivity index (χ1v) is 6.86. The predicted octanol–water partition coefficient (Wildman–Crippen LogP) is 1.58. The van der Waals surface area contributed by atoms with Crippen molar-refractivity contribution in [2.45, 2.75) is 32.2 Å². The van der Waals surface area contributed by atoms with Gasteiger partial charge in [-0.3, -0.25) is 9.69 Å². The Labute approximate surface area is 113 Å². The summed E-state index contributed by atoms with van der Waals surface area (Å²) in [5.41, 5.74) is 7.39. The van der Waals surface area contributed by atoms with E-state index < -0.39 is 5.41 Å². The van der Waals surface area contributed by atoms with Crippen LogP contribution in [0.25, 0.3) is 0 Å². The van der Waals surface area contributed by atoms with Crippen LogP contribution in [-0.2, 0) is 11.2 Å². The molecule has 0 saturated carbocycles. The highest BCUT2D eigenvalue weighted by molar-refractivity contribution is 5.81. The van der Waals surface area contributed by atoms with Gasteiger partial charge < -0.3 is 10.8 Å². The van der Waals surface area contributed by atoms with E-state index in [1.165, 1.54) is 5.56 Å². The maximum Gasteiger partial charge on any atom is 0.224 e. The van der Waals surface area contributed by atoms with E-state index in [1.807, 2.05) is 13.0 Å². The number of phenols is 1. The van der Waals surface area contributed by atoms with Gasteiger partial charge in [0, 0.05) is 12.6 Å². The van der Waals surface area contributed by atoms with E-state index in [2.05, 4.69) is 11.0 Å². The second-order valence-corrected chi connectivity index (χ2v) is 6.04. The summed E-state index contributed by atoms with van der Waals surface area (Å²) >= 11 is 0. The molecule has 0 bridgehead atoms. The first kappa shape index (κ1) is 12.5. The van der Waals surface area contributed by atoms with Crippen molar-refractivity contribution in [3.63, 3.8) is 0 Å². The monoisotopic (exact) mass is 260 g/mol. The smallest absolute Gasteiger partial charge is 0.224 e. The molecule has 3 rings (SSSR count). The minimum atomic E-state index is -0.403. The zero-order chi connectivity index (χ0) is 13.6. The molecule has 2 atom stereocenters. The Morgan fingerprint density at radius 1 is 1.53 bits per heavy atom. The van der Waals surface area contributed by atoms with E-state index in [9.17, 15) is 9.90 Å². The zero-order valence-corrected chi connectivity index (χ0v) is 11.2. The Morgan fingerprint density at radius 2 is 2.32 bits per heavy atom. The third kappa shape index (κ3) is 1.91. The zero-order valence-electron chi connectivity index (χ0n) is 11.2. The van der Waals surface area contributed by atoms with Crippen molar-refractivity contribution in [1.82, 2.24) is 4.90 Å². The molecular weight excluding hydrogens is 240 g/mol. The van der Waals surface area contributed by atoms with Crippen LogP contribution in [-0.4, -0.2) is 29.0 Å². The molecule has 1 aliphatic carbocycles. The lowest BCUT2D eigenvalue weighted by Gasteiger charge is -2.27. The Hall–Kier alpha value is -1.55. The Morgan fingerprint density at radius 3 is 3.00 bits per heavy atom. The Bertz CT molecular complexity index is 529. The van der Waals surface area contributed by atoms with Crippen LogP contribution in [0.3, 0.4) is 0 Å². The standard InChI is InChI=1S/C15H20N2O2/c1-15(14(16)19)7-8-17(9-15)12-6-5-11-10(12)3-2-4-13(11)18/h2-4,12,18H,5-9H2,1H3,(H2,16,19). The highest BCUT2D eigenvalue weighted by Crippen LogP contribution is 2.43. The molecule has 3 N–H and O–H groups in total. The van der Waals surface area contributed by atoms with Crippen LogP contribution in [0.4, 0.5) is 0 Å². The van der Waals surface area contributed by atoms with Gasteiger partial charge in [-0.15, -0.1) is 0 Å². The summed E-state index contributed by atoms with van der Waals surface area (Å²) in [6, 6.07) is 6.06. The van der Waals surface area contributed by atoms with E-state index in [-0.39, 0.29) is 5.91 Å². The molecule has 19 heavy (non-hydrogen) atoms. The fraction of sp³-hybridized carbons (Fsp3) is 0.533. The van der Waals surface area contributed by atoms with Gasteiger partial charge in [0.25, 0.3) is 0 Å². The van der Waals surface area contributed by atoms with Gasteiger partial charge in [-0.2, -0.15) is 0 Å². The third-order valence-electron chi connectivity index (χ3n) is 4.75. The van der Waals surface area contributed by atoms with Crippen molar-refractivity contribution >= 4 is 5.91 Å². The minimum Gasteiger partial charge on any atom is -0.508 e. The van der Waals surface area contributed by atoms with Crippen LogP contribution in [0.5, 0.6) is 5.75 Å². The second-order valence-electron chi connectivity index (χ2n) is 6.04. The summed E-state index contributed by atoms with van der Waals surface area (Å²) in [6.07, 6.45) is 2.76. The fourth-order valence-corrected chi connectivity index (χ4v) is 3.46. The summed E-state index contributed by atoms with van der Waals surface area (Å²) in [5, 5.41) is 9.89. The van der Waals surface area contributed by atoms with E-state index in [4.69, 9.17) is 5.73 Å². The first-order chi connectivity index (χ1) is 9.01. The number of fused-ring (bicyclic) bond motifs is 1. The minimum absolute atomic E-state index is 0.205. The topological polar surface area (TPSA) is 66.6 Å². The van der Waals surface area contributed by atoms with E-state index >= 15 is 0 Å². The number of rotatable bonds is 2. The maximum atomic E-state index is 11.5. The normalized spacial score (nSPS) is 30.5. The summed E-state index contributed by atoms with van der Waals surface area (Å²) in [5.74, 6) is 0.195. The van der Waals surface area contributed by atoms with Crippen LogP contribution in [0.1, 0.15) is 36.9 Å². The number of carbonyl (C=O) groups excluding carboxylic acids is 1. The molecular formula is C15H20N2O2. The Balaban J connectivity index is 1.84. The molecule has 1 aliphatic heterocycles. The molecule has 1 amide bonds. The lowest BCUT2D eigenvalue weighted by Crippen LogP contribution is -2.37. The van der Waals surface area contributed by atoms with Crippen molar-refractivity contribution < 1.29 is 9.90 Å². The van der Waals surface area contributed by atoms with Gasteiger partial charge in [0.05, 0.1) is 5.41 Å². The third-order valence-corrected chi connectivity index (χ3v) is 4.75. The maximum absolute atomic E-state index is 11.5. The molecule has 102 valence electrons. The van der Waals surface area contributed by atoms with Gasteiger partial charge in [0.15, 0.2) is 0 Å².